The van der Waals surface area contributed by atoms with Crippen LogP contribution >= 0.6 is 27.3 Å². The van der Waals surface area contributed by atoms with Gasteiger partial charge in [0, 0.05) is 11.6 Å². The smallest absolute Gasteiger partial charge is 0.118 e. The fourth-order valence-corrected chi connectivity index (χ4v) is 4.26. The van der Waals surface area contributed by atoms with Crippen molar-refractivity contribution < 1.29 is 9.84 Å². The first-order valence-corrected chi connectivity index (χ1v) is 7.72. The Labute approximate surface area is 115 Å². The zero-order valence-electron chi connectivity index (χ0n) is 10.3. The van der Waals surface area contributed by atoms with Crippen LogP contribution in [0.3, 0.4) is 0 Å². The largest absolute Gasteiger partial charge is 0.384 e. The molecule has 0 bridgehead atoms. The molecule has 1 unspecified atom stereocenters. The lowest BCUT2D eigenvalue weighted by Crippen LogP contribution is -2.41. The summed E-state index contributed by atoms with van der Waals surface area (Å²) >= 11 is 5.08. The van der Waals surface area contributed by atoms with E-state index < -0.39 is 6.10 Å². The molecule has 2 nitrogen and oxygen atoms in total. The van der Waals surface area contributed by atoms with Gasteiger partial charge in [-0.25, -0.2) is 0 Å². The van der Waals surface area contributed by atoms with Crippen LogP contribution in [0.4, 0.5) is 0 Å². The zero-order valence-corrected chi connectivity index (χ0v) is 12.7. The molecular formula is C13H19BrO2S. The van der Waals surface area contributed by atoms with Gasteiger partial charge in [0.25, 0.3) is 0 Å². The van der Waals surface area contributed by atoms with E-state index in [2.05, 4.69) is 22.9 Å². The maximum Gasteiger partial charge on any atom is 0.118 e. The van der Waals surface area contributed by atoms with Gasteiger partial charge in [0.15, 0.2) is 0 Å². The van der Waals surface area contributed by atoms with Crippen molar-refractivity contribution in [2.24, 2.45) is 5.92 Å². The van der Waals surface area contributed by atoms with E-state index in [-0.39, 0.29) is 5.60 Å². The highest BCUT2D eigenvalue weighted by Gasteiger charge is 2.42. The summed E-state index contributed by atoms with van der Waals surface area (Å²) < 4.78 is 6.69. The Morgan fingerprint density at radius 2 is 2.18 bits per heavy atom. The summed E-state index contributed by atoms with van der Waals surface area (Å²) in [6, 6.07) is 1.98. The van der Waals surface area contributed by atoms with Crippen LogP contribution < -0.4 is 0 Å². The second kappa shape index (κ2) is 5.39. The number of rotatable bonds is 3. The van der Waals surface area contributed by atoms with Crippen LogP contribution in [0.2, 0.25) is 0 Å². The first-order valence-electron chi connectivity index (χ1n) is 6.05. The van der Waals surface area contributed by atoms with E-state index in [1.165, 1.54) is 0 Å². The summed E-state index contributed by atoms with van der Waals surface area (Å²) in [5.41, 5.74) is -0.389. The van der Waals surface area contributed by atoms with Crippen LogP contribution in [0.15, 0.2) is 15.9 Å². The van der Waals surface area contributed by atoms with E-state index in [0.717, 1.165) is 41.0 Å². The molecule has 1 atom stereocenters. The number of aliphatic hydroxyl groups excluding tert-OH is 1. The van der Waals surface area contributed by atoms with Crippen LogP contribution in [0.5, 0.6) is 0 Å². The Balaban J connectivity index is 2.21. The maximum atomic E-state index is 10.6. The molecule has 0 radical (unpaired) electrons. The van der Waals surface area contributed by atoms with Crippen LogP contribution in [0.25, 0.3) is 0 Å². The van der Waals surface area contributed by atoms with Crippen molar-refractivity contribution in [3.8, 4) is 0 Å². The van der Waals surface area contributed by atoms with Gasteiger partial charge in [-0.1, -0.05) is 6.92 Å². The highest BCUT2D eigenvalue weighted by Crippen LogP contribution is 2.45. The average Bonchev–Trinajstić information content (AvgIpc) is 2.76. The molecule has 1 N–H and O–H groups in total. The predicted octanol–water partition coefficient (Wildman–Crippen LogP) is 4.14. The molecule has 1 heterocycles. The minimum absolute atomic E-state index is 0.389. The lowest BCUT2D eigenvalue weighted by molar-refractivity contribution is -0.129. The van der Waals surface area contributed by atoms with E-state index in [1.807, 2.05) is 11.4 Å². The molecule has 96 valence electrons. The average molecular weight is 319 g/mol. The van der Waals surface area contributed by atoms with Crippen LogP contribution in [-0.4, -0.2) is 17.8 Å². The summed E-state index contributed by atoms with van der Waals surface area (Å²) in [6.45, 7) is 2.27. The molecule has 0 aromatic carbocycles. The van der Waals surface area contributed by atoms with Gasteiger partial charge in [-0.3, -0.25) is 0 Å². The monoisotopic (exact) mass is 318 g/mol. The van der Waals surface area contributed by atoms with Crippen molar-refractivity contribution in [2.75, 3.05) is 7.11 Å². The molecule has 0 spiro atoms. The number of hydrogen-bond donors (Lipinski definition) is 1. The Kier molecular flexibility index (Phi) is 4.29. The molecule has 1 aliphatic carbocycles. The van der Waals surface area contributed by atoms with E-state index in [4.69, 9.17) is 4.74 Å². The topological polar surface area (TPSA) is 29.5 Å². The minimum Gasteiger partial charge on any atom is -0.384 e. The molecule has 1 aromatic heterocycles. The molecule has 1 saturated carbocycles. The fraction of sp³-hybridized carbons (Fsp3) is 0.692. The second-order valence-electron chi connectivity index (χ2n) is 4.99. The summed E-state index contributed by atoms with van der Waals surface area (Å²) in [5, 5.41) is 12.6. The van der Waals surface area contributed by atoms with Crippen molar-refractivity contribution >= 4 is 27.3 Å². The maximum absolute atomic E-state index is 10.6. The Morgan fingerprint density at radius 1 is 1.53 bits per heavy atom. The number of halogens is 1. The third-order valence-electron chi connectivity index (χ3n) is 3.92. The van der Waals surface area contributed by atoms with Crippen LogP contribution in [0.1, 0.15) is 43.6 Å². The number of ether oxygens (including phenoxy) is 1. The molecule has 1 aliphatic rings. The Bertz CT molecular complexity index is 369. The second-order valence-corrected chi connectivity index (χ2v) is 6.79. The number of thiophene rings is 1. The fourth-order valence-electron chi connectivity index (χ4n) is 2.58. The first kappa shape index (κ1) is 13.5. The SMILES string of the molecule is COC1(C(O)c2sccc2Br)CCC(C)CC1. The standard InChI is InChI=1S/C13H19BrO2S/c1-9-3-6-13(16-2,7-4-9)12(15)11-10(14)5-8-17-11/h5,8-9,12,15H,3-4,6-7H2,1-2H3. The summed E-state index contributed by atoms with van der Waals surface area (Å²) in [5.74, 6) is 0.747. The zero-order chi connectivity index (χ0) is 12.5. The highest BCUT2D eigenvalue weighted by molar-refractivity contribution is 9.10. The third-order valence-corrected chi connectivity index (χ3v) is 5.84. The van der Waals surface area contributed by atoms with Gasteiger partial charge in [0.2, 0.25) is 0 Å². The Hall–Kier alpha value is 0.100. The van der Waals surface area contributed by atoms with Crippen molar-refractivity contribution in [3.63, 3.8) is 0 Å². The molecular weight excluding hydrogens is 300 g/mol. The summed E-state index contributed by atoms with van der Waals surface area (Å²) in [7, 11) is 1.72. The van der Waals surface area contributed by atoms with Gasteiger partial charge in [0.05, 0.1) is 10.5 Å². The molecule has 0 saturated heterocycles. The molecule has 0 aliphatic heterocycles. The van der Waals surface area contributed by atoms with Gasteiger partial charge in [-0.15, -0.1) is 11.3 Å². The molecule has 1 fully saturated rings. The van der Waals surface area contributed by atoms with Gasteiger partial charge in [-0.05, 0) is 59.0 Å². The van der Waals surface area contributed by atoms with Crippen LogP contribution in [0, 0.1) is 5.92 Å². The quantitative estimate of drug-likeness (QED) is 0.907. The predicted molar refractivity (Wildman–Crippen MR) is 74.4 cm³/mol. The first-order chi connectivity index (χ1) is 8.09. The van der Waals surface area contributed by atoms with Crippen molar-refractivity contribution in [3.05, 3.63) is 20.8 Å². The summed E-state index contributed by atoms with van der Waals surface area (Å²) in [4.78, 5) is 0.987. The van der Waals surface area contributed by atoms with E-state index in [9.17, 15) is 5.11 Å². The van der Waals surface area contributed by atoms with Crippen molar-refractivity contribution in [2.45, 2.75) is 44.3 Å². The highest BCUT2D eigenvalue weighted by atomic mass is 79.9. The lowest BCUT2D eigenvalue weighted by atomic mass is 9.76. The molecule has 4 heteroatoms. The van der Waals surface area contributed by atoms with Gasteiger partial charge >= 0.3 is 0 Å². The minimum atomic E-state index is -0.519. The summed E-state index contributed by atoms with van der Waals surface area (Å²) in [6.07, 6.45) is 3.63. The van der Waals surface area contributed by atoms with Gasteiger partial charge in [0.1, 0.15) is 6.10 Å². The molecule has 1 aromatic rings. The van der Waals surface area contributed by atoms with Gasteiger partial charge in [-0.2, -0.15) is 0 Å². The van der Waals surface area contributed by atoms with Crippen LogP contribution in [-0.2, 0) is 4.74 Å². The van der Waals surface area contributed by atoms with E-state index >= 15 is 0 Å². The van der Waals surface area contributed by atoms with Crippen molar-refractivity contribution in [1.82, 2.24) is 0 Å². The number of hydrogen-bond acceptors (Lipinski definition) is 3. The molecule has 0 amide bonds. The Morgan fingerprint density at radius 3 is 2.65 bits per heavy atom. The molecule has 17 heavy (non-hydrogen) atoms. The number of aliphatic hydroxyl groups is 1. The lowest BCUT2D eigenvalue weighted by Gasteiger charge is -2.41. The molecule has 2 rings (SSSR count). The van der Waals surface area contributed by atoms with E-state index in [0.29, 0.717) is 0 Å². The van der Waals surface area contributed by atoms with Crippen molar-refractivity contribution in [1.29, 1.82) is 0 Å². The van der Waals surface area contributed by atoms with Gasteiger partial charge < -0.3 is 9.84 Å². The van der Waals surface area contributed by atoms with E-state index in [1.54, 1.807) is 18.4 Å². The third kappa shape index (κ3) is 2.60. The number of methoxy groups -OCH3 is 1. The normalized spacial score (nSPS) is 31.4.